The molecule has 0 heterocycles. The molecule has 1 atom stereocenters. The van der Waals surface area contributed by atoms with Crippen LogP contribution >= 0.6 is 0 Å². The zero-order valence-corrected chi connectivity index (χ0v) is 11.3. The molecule has 0 aromatic heterocycles. The molecule has 95 valence electrons. The van der Waals surface area contributed by atoms with Crippen LogP contribution in [0.5, 0.6) is 0 Å². The molecule has 1 unspecified atom stereocenters. The third-order valence-corrected chi connectivity index (χ3v) is 3.42. The van der Waals surface area contributed by atoms with E-state index in [4.69, 9.17) is 0 Å². The quantitative estimate of drug-likeness (QED) is 0.425. The molecule has 1 nitrogen and oxygen atoms in total. The van der Waals surface area contributed by atoms with Crippen LogP contribution < -0.4 is 0 Å². The monoisotopic (exact) mass is 225 g/mol. The molecule has 0 rings (SSSR count). The number of hydrogen-bond donors (Lipinski definition) is 0. The topological polar surface area (TPSA) is 17.1 Å². The van der Waals surface area contributed by atoms with Crippen LogP contribution in [0.15, 0.2) is 0 Å². The Bertz CT molecular complexity index is 142. The molecule has 0 spiro atoms. The molecule has 1 radical (unpaired) electrons. The zero-order chi connectivity index (χ0) is 12.1. The second-order valence-electron chi connectivity index (χ2n) is 5.02. The van der Waals surface area contributed by atoms with Crippen molar-refractivity contribution in [3.8, 4) is 0 Å². The van der Waals surface area contributed by atoms with Crippen LogP contribution in [0.4, 0.5) is 0 Å². The van der Waals surface area contributed by atoms with Crippen LogP contribution in [0.2, 0.25) is 0 Å². The lowest BCUT2D eigenvalue weighted by molar-refractivity contribution is 0.469. The smallest absolute Gasteiger partial charge is 0.198 e. The fourth-order valence-electron chi connectivity index (χ4n) is 1.95. The van der Waals surface area contributed by atoms with Crippen LogP contribution in [-0.4, -0.2) is 6.29 Å². The molecule has 0 amide bonds. The van der Waals surface area contributed by atoms with Crippen LogP contribution in [0.3, 0.4) is 0 Å². The van der Waals surface area contributed by atoms with Gasteiger partial charge in [-0.15, -0.1) is 0 Å². The normalized spacial score (nSPS) is 12.6. The minimum atomic E-state index is 0.634. The highest BCUT2D eigenvalue weighted by Gasteiger charge is 1.98. The average molecular weight is 225 g/mol. The second kappa shape index (κ2) is 12.7. The molecule has 0 bridgehead atoms. The molecule has 0 saturated carbocycles. The third-order valence-electron chi connectivity index (χ3n) is 3.42. The van der Waals surface area contributed by atoms with Gasteiger partial charge in [0.2, 0.25) is 0 Å². The second-order valence-corrected chi connectivity index (χ2v) is 5.02. The molecule has 0 aromatic rings. The maximum Gasteiger partial charge on any atom is 0.198 e. The fraction of sp³-hybridized carbons (Fsp3) is 0.933. The molecular formula is C15H29O. The molecule has 0 aliphatic heterocycles. The highest BCUT2D eigenvalue weighted by atomic mass is 16.1. The Labute approximate surface area is 102 Å². The van der Waals surface area contributed by atoms with Crippen molar-refractivity contribution in [1.82, 2.24) is 0 Å². The van der Waals surface area contributed by atoms with E-state index in [0.717, 1.165) is 12.3 Å². The molecule has 16 heavy (non-hydrogen) atoms. The first-order chi connectivity index (χ1) is 7.81. The van der Waals surface area contributed by atoms with Gasteiger partial charge < -0.3 is 0 Å². The Balaban J connectivity index is 2.96. The average Bonchev–Trinajstić information content (AvgIpc) is 2.31. The minimum Gasteiger partial charge on any atom is -0.291 e. The summed E-state index contributed by atoms with van der Waals surface area (Å²) in [5.41, 5.74) is 0. The molecule has 1 heteroatoms. The van der Waals surface area contributed by atoms with Crippen molar-refractivity contribution in [1.29, 1.82) is 0 Å². The van der Waals surface area contributed by atoms with E-state index >= 15 is 0 Å². The first-order valence-corrected chi connectivity index (χ1v) is 7.16. The molecular weight excluding hydrogens is 196 g/mol. The van der Waals surface area contributed by atoms with Gasteiger partial charge in [-0.25, -0.2) is 0 Å². The van der Waals surface area contributed by atoms with Gasteiger partial charge in [-0.05, 0) is 12.3 Å². The number of carbonyl (C=O) groups excluding carboxylic acids is 1. The lowest BCUT2D eigenvalue weighted by atomic mass is 9.99. The maximum atomic E-state index is 9.97. The van der Waals surface area contributed by atoms with Gasteiger partial charge >= 0.3 is 0 Å². The van der Waals surface area contributed by atoms with Crippen LogP contribution in [-0.2, 0) is 4.79 Å². The van der Waals surface area contributed by atoms with Crippen LogP contribution in [0.25, 0.3) is 0 Å². The summed E-state index contributed by atoms with van der Waals surface area (Å²) < 4.78 is 0. The summed E-state index contributed by atoms with van der Waals surface area (Å²) in [5.74, 6) is 0.916. The van der Waals surface area contributed by atoms with Crippen molar-refractivity contribution in [3.05, 3.63) is 0 Å². The van der Waals surface area contributed by atoms with E-state index in [9.17, 15) is 4.79 Å². The van der Waals surface area contributed by atoms with Crippen molar-refractivity contribution in [3.63, 3.8) is 0 Å². The van der Waals surface area contributed by atoms with Gasteiger partial charge in [0.15, 0.2) is 6.29 Å². The first-order valence-electron chi connectivity index (χ1n) is 7.16. The Hall–Kier alpha value is -0.330. The van der Waals surface area contributed by atoms with Gasteiger partial charge in [-0.1, -0.05) is 71.6 Å². The maximum absolute atomic E-state index is 9.97. The van der Waals surface area contributed by atoms with Gasteiger partial charge in [0.25, 0.3) is 0 Å². The summed E-state index contributed by atoms with van der Waals surface area (Å²) in [6.45, 7) is 4.63. The fourth-order valence-corrected chi connectivity index (χ4v) is 1.95. The minimum absolute atomic E-state index is 0.634. The zero-order valence-electron chi connectivity index (χ0n) is 11.3. The van der Waals surface area contributed by atoms with Crippen molar-refractivity contribution in [2.45, 2.75) is 84.5 Å². The predicted octanol–water partition coefficient (Wildman–Crippen LogP) is 5.04. The lowest BCUT2D eigenvalue weighted by Crippen LogP contribution is -1.91. The Kier molecular flexibility index (Phi) is 12.5. The highest BCUT2D eigenvalue weighted by Crippen LogP contribution is 2.14. The molecule has 0 saturated heterocycles. The lowest BCUT2D eigenvalue weighted by Gasteiger charge is -2.07. The molecule has 0 aliphatic carbocycles. The van der Waals surface area contributed by atoms with Gasteiger partial charge in [0, 0.05) is 6.42 Å². The molecule has 0 fully saturated rings. The third kappa shape index (κ3) is 11.7. The van der Waals surface area contributed by atoms with Crippen molar-refractivity contribution in [2.75, 3.05) is 0 Å². The Morgan fingerprint density at radius 1 is 0.875 bits per heavy atom. The van der Waals surface area contributed by atoms with Gasteiger partial charge in [0.1, 0.15) is 0 Å². The van der Waals surface area contributed by atoms with Gasteiger partial charge in [-0.2, -0.15) is 0 Å². The summed E-state index contributed by atoms with van der Waals surface area (Å²) in [6.07, 6.45) is 15.8. The summed E-state index contributed by atoms with van der Waals surface area (Å²) in [5, 5.41) is 0. The van der Waals surface area contributed by atoms with Crippen molar-refractivity contribution < 1.29 is 4.79 Å². The molecule has 0 N–H and O–H groups in total. The SMILES string of the molecule is CCC(C)CCCCCCCCCC[C]=O. The van der Waals surface area contributed by atoms with Crippen LogP contribution in [0.1, 0.15) is 84.5 Å². The van der Waals surface area contributed by atoms with E-state index in [1.807, 2.05) is 6.29 Å². The number of hydrogen-bond acceptors (Lipinski definition) is 1. The van der Waals surface area contributed by atoms with E-state index < -0.39 is 0 Å². The van der Waals surface area contributed by atoms with Crippen LogP contribution in [0, 0.1) is 5.92 Å². The summed E-state index contributed by atoms with van der Waals surface area (Å²) in [7, 11) is 0. The first kappa shape index (κ1) is 15.7. The standard InChI is InChI=1S/C15H29O/c1-3-15(2)13-11-9-7-5-4-6-8-10-12-14-16/h15H,3-13H2,1-2H3. The summed E-state index contributed by atoms with van der Waals surface area (Å²) >= 11 is 0. The largest absolute Gasteiger partial charge is 0.291 e. The summed E-state index contributed by atoms with van der Waals surface area (Å²) in [4.78, 5) is 9.97. The Morgan fingerprint density at radius 3 is 1.88 bits per heavy atom. The van der Waals surface area contributed by atoms with E-state index in [0.29, 0.717) is 6.42 Å². The number of rotatable bonds is 12. The van der Waals surface area contributed by atoms with E-state index in [-0.39, 0.29) is 0 Å². The summed E-state index contributed by atoms with van der Waals surface area (Å²) in [6, 6.07) is 0. The number of unbranched alkanes of at least 4 members (excludes halogenated alkanes) is 8. The molecule has 0 aromatic carbocycles. The van der Waals surface area contributed by atoms with E-state index in [2.05, 4.69) is 13.8 Å². The van der Waals surface area contributed by atoms with E-state index in [1.54, 1.807) is 0 Å². The van der Waals surface area contributed by atoms with Gasteiger partial charge in [0.05, 0.1) is 0 Å². The Morgan fingerprint density at radius 2 is 1.38 bits per heavy atom. The highest BCUT2D eigenvalue weighted by molar-refractivity contribution is 5.50. The predicted molar refractivity (Wildman–Crippen MR) is 71.3 cm³/mol. The van der Waals surface area contributed by atoms with Crippen molar-refractivity contribution in [2.24, 2.45) is 5.92 Å². The van der Waals surface area contributed by atoms with Crippen molar-refractivity contribution >= 4 is 6.29 Å². The van der Waals surface area contributed by atoms with Gasteiger partial charge in [-0.3, -0.25) is 4.79 Å². The molecule has 0 aliphatic rings. The van der Waals surface area contributed by atoms with E-state index in [1.165, 1.54) is 57.8 Å².